The molecule has 0 N–H and O–H groups in total. The fourth-order valence-corrected chi connectivity index (χ4v) is 2.23. The summed E-state index contributed by atoms with van der Waals surface area (Å²) in [5, 5.41) is 0. The first kappa shape index (κ1) is 20.4. The molecule has 0 saturated carbocycles. The summed E-state index contributed by atoms with van der Waals surface area (Å²) >= 11 is 0. The normalized spacial score (nSPS) is 10.7. The van der Waals surface area contributed by atoms with Crippen molar-refractivity contribution in [1.82, 2.24) is 4.98 Å². The number of rotatable bonds is 3. The SMILES string of the molecule is CC.CC.CCC(C)c1ccc(C)cc1-c1cc(C)ccn1. The standard InChI is InChI=1S/C17H21N.2C2H6/c1-5-14(4)15-7-6-12(2)10-16(15)17-11-13(3)8-9-18-17;2*1-2/h6-11,14H,5H2,1-4H3;2*1-2H3. The summed E-state index contributed by atoms with van der Waals surface area (Å²) in [7, 11) is 0. The molecule has 1 heterocycles. The van der Waals surface area contributed by atoms with Crippen molar-refractivity contribution in [3.05, 3.63) is 53.2 Å². The van der Waals surface area contributed by atoms with Crippen LogP contribution in [0.15, 0.2) is 36.5 Å². The Bertz CT molecular complexity index is 543. The highest BCUT2D eigenvalue weighted by Gasteiger charge is 2.11. The van der Waals surface area contributed by atoms with E-state index in [0.717, 1.165) is 12.1 Å². The van der Waals surface area contributed by atoms with Crippen molar-refractivity contribution in [2.45, 2.75) is 67.7 Å². The minimum atomic E-state index is 0.572. The van der Waals surface area contributed by atoms with Crippen LogP contribution in [0.3, 0.4) is 0 Å². The third kappa shape index (κ3) is 5.63. The van der Waals surface area contributed by atoms with E-state index in [9.17, 15) is 0 Å². The predicted molar refractivity (Wildman–Crippen MR) is 101 cm³/mol. The molecule has 1 unspecified atom stereocenters. The van der Waals surface area contributed by atoms with Crippen molar-refractivity contribution in [1.29, 1.82) is 0 Å². The Hall–Kier alpha value is -1.63. The molecule has 1 aromatic carbocycles. The minimum Gasteiger partial charge on any atom is -0.256 e. The zero-order chi connectivity index (χ0) is 17.1. The highest BCUT2D eigenvalue weighted by atomic mass is 14.7. The molecule has 22 heavy (non-hydrogen) atoms. The maximum Gasteiger partial charge on any atom is 0.0707 e. The van der Waals surface area contributed by atoms with Crippen LogP contribution in [0, 0.1) is 13.8 Å². The Labute approximate surface area is 137 Å². The lowest BCUT2D eigenvalue weighted by Gasteiger charge is -2.15. The van der Waals surface area contributed by atoms with Gasteiger partial charge in [0.1, 0.15) is 0 Å². The van der Waals surface area contributed by atoms with Crippen molar-refractivity contribution >= 4 is 0 Å². The molecule has 0 spiro atoms. The molecule has 122 valence electrons. The predicted octanol–water partition coefficient (Wildman–Crippen LogP) is 6.93. The average molecular weight is 300 g/mol. The molecule has 0 aliphatic rings. The van der Waals surface area contributed by atoms with E-state index in [4.69, 9.17) is 0 Å². The van der Waals surface area contributed by atoms with Crippen LogP contribution in [-0.4, -0.2) is 4.98 Å². The Morgan fingerprint density at radius 1 is 0.909 bits per heavy atom. The van der Waals surface area contributed by atoms with Crippen LogP contribution in [0.2, 0.25) is 0 Å². The Morgan fingerprint density at radius 2 is 1.50 bits per heavy atom. The van der Waals surface area contributed by atoms with E-state index < -0.39 is 0 Å². The van der Waals surface area contributed by atoms with Crippen molar-refractivity contribution < 1.29 is 0 Å². The number of hydrogen-bond acceptors (Lipinski definition) is 1. The van der Waals surface area contributed by atoms with Gasteiger partial charge < -0.3 is 0 Å². The highest BCUT2D eigenvalue weighted by molar-refractivity contribution is 5.66. The Balaban J connectivity index is 0.00000102. The summed E-state index contributed by atoms with van der Waals surface area (Å²) in [5.41, 5.74) is 6.33. The zero-order valence-electron chi connectivity index (χ0n) is 15.7. The molecule has 0 amide bonds. The largest absolute Gasteiger partial charge is 0.256 e. The molecular formula is C21H33N. The van der Waals surface area contributed by atoms with Crippen molar-refractivity contribution in [2.24, 2.45) is 0 Å². The number of nitrogens with zero attached hydrogens (tertiary/aromatic N) is 1. The molecule has 2 aromatic rings. The quantitative estimate of drug-likeness (QED) is 0.598. The average Bonchev–Trinajstić information content (AvgIpc) is 2.57. The molecule has 1 aromatic heterocycles. The summed E-state index contributed by atoms with van der Waals surface area (Å²) in [5.74, 6) is 0.572. The Morgan fingerprint density at radius 3 is 2.05 bits per heavy atom. The number of benzene rings is 1. The molecule has 0 saturated heterocycles. The van der Waals surface area contributed by atoms with Crippen molar-refractivity contribution in [2.75, 3.05) is 0 Å². The summed E-state index contributed by atoms with van der Waals surface area (Å²) < 4.78 is 0. The molecule has 1 nitrogen and oxygen atoms in total. The second-order valence-corrected chi connectivity index (χ2v) is 5.12. The fraction of sp³-hybridized carbons (Fsp3) is 0.476. The van der Waals surface area contributed by atoms with Gasteiger partial charge in [-0.15, -0.1) is 0 Å². The number of aryl methyl sites for hydroxylation is 2. The molecule has 0 aliphatic carbocycles. The summed E-state index contributed by atoms with van der Waals surface area (Å²) in [6.45, 7) is 16.8. The minimum absolute atomic E-state index is 0.572. The van der Waals surface area contributed by atoms with Crippen LogP contribution in [0.1, 0.15) is 70.6 Å². The van der Waals surface area contributed by atoms with Crippen molar-refractivity contribution in [3.8, 4) is 11.3 Å². The van der Waals surface area contributed by atoms with Crippen molar-refractivity contribution in [3.63, 3.8) is 0 Å². The maximum atomic E-state index is 4.53. The van der Waals surface area contributed by atoms with Gasteiger partial charge in [0.15, 0.2) is 0 Å². The van der Waals surface area contributed by atoms with Gasteiger partial charge in [0.25, 0.3) is 0 Å². The van der Waals surface area contributed by atoms with Crippen LogP contribution >= 0.6 is 0 Å². The van der Waals surface area contributed by atoms with Gasteiger partial charge in [-0.05, 0) is 55.5 Å². The topological polar surface area (TPSA) is 12.9 Å². The van der Waals surface area contributed by atoms with Crippen LogP contribution < -0.4 is 0 Å². The second kappa shape index (κ2) is 11.0. The lowest BCUT2D eigenvalue weighted by Crippen LogP contribution is -1.97. The van der Waals surface area contributed by atoms with Gasteiger partial charge in [-0.25, -0.2) is 0 Å². The van der Waals surface area contributed by atoms with E-state index in [1.807, 2.05) is 40.0 Å². The third-order valence-corrected chi connectivity index (χ3v) is 3.54. The van der Waals surface area contributed by atoms with E-state index in [1.54, 1.807) is 0 Å². The first-order chi connectivity index (χ1) is 10.6. The molecule has 0 aliphatic heterocycles. The van der Waals surface area contributed by atoms with E-state index in [2.05, 4.69) is 56.9 Å². The van der Waals surface area contributed by atoms with E-state index in [1.165, 1.54) is 22.3 Å². The molecule has 0 bridgehead atoms. The lowest BCUT2D eigenvalue weighted by atomic mass is 9.90. The zero-order valence-corrected chi connectivity index (χ0v) is 15.7. The van der Waals surface area contributed by atoms with Gasteiger partial charge in [0.2, 0.25) is 0 Å². The van der Waals surface area contributed by atoms with Crippen LogP contribution in [0.25, 0.3) is 11.3 Å². The number of pyridine rings is 1. The highest BCUT2D eigenvalue weighted by Crippen LogP contribution is 2.30. The summed E-state index contributed by atoms with van der Waals surface area (Å²) in [6, 6.07) is 10.9. The second-order valence-electron chi connectivity index (χ2n) is 5.12. The van der Waals surface area contributed by atoms with Gasteiger partial charge >= 0.3 is 0 Å². The molecule has 0 fully saturated rings. The maximum absolute atomic E-state index is 4.53. The van der Waals surface area contributed by atoms with Crippen LogP contribution in [0.5, 0.6) is 0 Å². The van der Waals surface area contributed by atoms with Gasteiger partial charge in [0, 0.05) is 11.8 Å². The third-order valence-electron chi connectivity index (χ3n) is 3.54. The molecule has 2 rings (SSSR count). The molecular weight excluding hydrogens is 266 g/mol. The summed E-state index contributed by atoms with van der Waals surface area (Å²) in [4.78, 5) is 4.53. The number of aromatic nitrogens is 1. The lowest BCUT2D eigenvalue weighted by molar-refractivity contribution is 0.734. The van der Waals surface area contributed by atoms with E-state index in [-0.39, 0.29) is 0 Å². The molecule has 0 radical (unpaired) electrons. The smallest absolute Gasteiger partial charge is 0.0707 e. The van der Waals surface area contributed by atoms with Gasteiger partial charge in [-0.1, -0.05) is 59.2 Å². The number of hydrogen-bond donors (Lipinski definition) is 0. The van der Waals surface area contributed by atoms with Crippen LogP contribution in [0.4, 0.5) is 0 Å². The molecule has 1 atom stereocenters. The van der Waals surface area contributed by atoms with Gasteiger partial charge in [0.05, 0.1) is 5.69 Å². The van der Waals surface area contributed by atoms with Crippen LogP contribution in [-0.2, 0) is 0 Å². The monoisotopic (exact) mass is 299 g/mol. The van der Waals surface area contributed by atoms with Gasteiger partial charge in [-0.2, -0.15) is 0 Å². The van der Waals surface area contributed by atoms with E-state index >= 15 is 0 Å². The fourth-order valence-electron chi connectivity index (χ4n) is 2.23. The summed E-state index contributed by atoms with van der Waals surface area (Å²) in [6.07, 6.45) is 3.05. The Kier molecular flexibility index (Phi) is 10.2. The van der Waals surface area contributed by atoms with E-state index in [0.29, 0.717) is 5.92 Å². The molecule has 1 heteroatoms. The first-order valence-corrected chi connectivity index (χ1v) is 8.65. The van der Waals surface area contributed by atoms with Gasteiger partial charge in [-0.3, -0.25) is 4.98 Å². The first-order valence-electron chi connectivity index (χ1n) is 8.65.